The lowest BCUT2D eigenvalue weighted by Crippen LogP contribution is -2.47. The van der Waals surface area contributed by atoms with Gasteiger partial charge < -0.3 is 19.9 Å². The van der Waals surface area contributed by atoms with E-state index >= 15 is 0 Å². The molecule has 1 aromatic heterocycles. The molecule has 1 fully saturated rings. The molecule has 1 aliphatic heterocycles. The zero-order chi connectivity index (χ0) is 36.7. The van der Waals surface area contributed by atoms with Gasteiger partial charge in [0.2, 0.25) is 21.1 Å². The van der Waals surface area contributed by atoms with E-state index in [1.165, 1.54) is 23.9 Å². The van der Waals surface area contributed by atoms with Crippen molar-refractivity contribution >= 4 is 27.7 Å². The van der Waals surface area contributed by atoms with Crippen molar-refractivity contribution in [2.24, 2.45) is 13.0 Å². The fourth-order valence-electron chi connectivity index (χ4n) is 5.93. The number of tetrazole rings is 1. The van der Waals surface area contributed by atoms with Crippen LogP contribution >= 0.6 is 11.8 Å². The van der Waals surface area contributed by atoms with Gasteiger partial charge >= 0.3 is 0 Å². The SMILES string of the molecule is Cc1ccc(S(=O)(=O)NC(Cc2ccccc2)C(=O)NCc2ccc(C3OC(CSc4nnnn4C)C(C)C(c4ccc(CO)cc4)O3)cc2)cc1. The zero-order valence-electron chi connectivity index (χ0n) is 29.1. The third-order valence-electron chi connectivity index (χ3n) is 9.03. The van der Waals surface area contributed by atoms with Crippen LogP contribution in [0.15, 0.2) is 113 Å². The van der Waals surface area contributed by atoms with Gasteiger partial charge in [-0.15, -0.1) is 5.10 Å². The number of amides is 1. The minimum absolute atomic E-state index is 0.00772. The first kappa shape index (κ1) is 37.3. The summed E-state index contributed by atoms with van der Waals surface area (Å²) in [5, 5.41) is 24.9. The van der Waals surface area contributed by atoms with Crippen LogP contribution in [-0.2, 0) is 50.9 Å². The van der Waals surface area contributed by atoms with Crippen molar-refractivity contribution in [1.82, 2.24) is 30.2 Å². The van der Waals surface area contributed by atoms with Gasteiger partial charge in [-0.25, -0.2) is 13.1 Å². The maximum atomic E-state index is 13.5. The Hall–Kier alpha value is -4.44. The molecular weight excluding hydrogens is 701 g/mol. The molecule has 1 amide bonds. The van der Waals surface area contributed by atoms with E-state index in [0.29, 0.717) is 10.9 Å². The quantitative estimate of drug-likeness (QED) is 0.135. The van der Waals surface area contributed by atoms with Crippen molar-refractivity contribution in [3.8, 4) is 0 Å². The number of aromatic nitrogens is 4. The van der Waals surface area contributed by atoms with E-state index in [0.717, 1.165) is 33.4 Å². The molecule has 272 valence electrons. The lowest BCUT2D eigenvalue weighted by molar-refractivity contribution is -0.268. The van der Waals surface area contributed by atoms with Crippen molar-refractivity contribution < 1.29 is 27.8 Å². The topological polar surface area (TPSA) is 158 Å². The van der Waals surface area contributed by atoms with Gasteiger partial charge in [0.15, 0.2) is 6.29 Å². The fourth-order valence-corrected chi connectivity index (χ4v) is 8.13. The number of hydrogen-bond acceptors (Lipinski definition) is 10. The van der Waals surface area contributed by atoms with E-state index in [4.69, 9.17) is 9.47 Å². The largest absolute Gasteiger partial charge is 0.392 e. The smallest absolute Gasteiger partial charge is 0.241 e. The molecule has 0 spiro atoms. The summed E-state index contributed by atoms with van der Waals surface area (Å²) in [6.45, 7) is 4.12. The first-order chi connectivity index (χ1) is 25.1. The van der Waals surface area contributed by atoms with Crippen LogP contribution in [0.2, 0.25) is 0 Å². The number of thioether (sulfide) groups is 1. The summed E-state index contributed by atoms with van der Waals surface area (Å²) >= 11 is 1.51. The number of aliphatic hydroxyl groups excluding tert-OH is 1. The van der Waals surface area contributed by atoms with E-state index in [-0.39, 0.29) is 42.6 Å². The molecule has 52 heavy (non-hydrogen) atoms. The number of ether oxygens (including phenoxy) is 2. The number of rotatable bonds is 14. The zero-order valence-corrected chi connectivity index (χ0v) is 30.8. The second-order valence-electron chi connectivity index (χ2n) is 12.9. The molecule has 0 aliphatic carbocycles. The minimum atomic E-state index is -3.96. The van der Waals surface area contributed by atoms with E-state index in [1.807, 2.05) is 85.8 Å². The number of aliphatic hydroxyl groups is 1. The van der Waals surface area contributed by atoms with Gasteiger partial charge in [-0.05, 0) is 58.2 Å². The van der Waals surface area contributed by atoms with Crippen molar-refractivity contribution in [2.45, 2.75) is 68.0 Å². The Labute approximate surface area is 308 Å². The van der Waals surface area contributed by atoms with Crippen LogP contribution in [0.5, 0.6) is 0 Å². The lowest BCUT2D eigenvalue weighted by atomic mass is 9.91. The average molecular weight is 743 g/mol. The highest BCUT2D eigenvalue weighted by Gasteiger charge is 2.38. The van der Waals surface area contributed by atoms with Crippen molar-refractivity contribution in [3.05, 3.63) is 137 Å². The van der Waals surface area contributed by atoms with E-state index in [2.05, 4.69) is 32.5 Å². The molecule has 5 unspecified atom stereocenters. The second-order valence-corrected chi connectivity index (χ2v) is 15.6. The van der Waals surface area contributed by atoms with Crippen molar-refractivity contribution in [3.63, 3.8) is 0 Å². The van der Waals surface area contributed by atoms with Crippen molar-refractivity contribution in [1.29, 1.82) is 0 Å². The first-order valence-electron chi connectivity index (χ1n) is 16.9. The number of nitrogens with one attached hydrogen (secondary N) is 2. The Morgan fingerprint density at radius 3 is 2.23 bits per heavy atom. The Kier molecular flexibility index (Phi) is 12.1. The maximum absolute atomic E-state index is 13.5. The predicted octanol–water partition coefficient (Wildman–Crippen LogP) is 4.80. The Morgan fingerprint density at radius 2 is 1.58 bits per heavy atom. The number of benzene rings is 4. The van der Waals surface area contributed by atoms with Gasteiger partial charge in [0.25, 0.3) is 0 Å². The van der Waals surface area contributed by atoms with E-state index < -0.39 is 28.3 Å². The minimum Gasteiger partial charge on any atom is -0.392 e. The van der Waals surface area contributed by atoms with Gasteiger partial charge in [0.1, 0.15) is 6.04 Å². The number of aryl methyl sites for hydroxylation is 2. The molecule has 5 aromatic rings. The summed E-state index contributed by atoms with van der Waals surface area (Å²) in [5.41, 5.74) is 5.19. The Bertz CT molecular complexity index is 2030. The molecule has 1 saturated heterocycles. The summed E-state index contributed by atoms with van der Waals surface area (Å²) in [7, 11) is -2.17. The molecule has 4 aromatic carbocycles. The highest BCUT2D eigenvalue weighted by molar-refractivity contribution is 7.99. The molecule has 5 atom stereocenters. The third kappa shape index (κ3) is 9.31. The third-order valence-corrected chi connectivity index (χ3v) is 11.6. The molecule has 0 saturated carbocycles. The van der Waals surface area contributed by atoms with Crippen LogP contribution in [0.4, 0.5) is 0 Å². The average Bonchev–Trinajstić information content (AvgIpc) is 3.58. The number of carbonyl (C=O) groups is 1. The van der Waals surface area contributed by atoms with Gasteiger partial charge in [0, 0.05) is 30.8 Å². The summed E-state index contributed by atoms with van der Waals surface area (Å²) in [4.78, 5) is 13.6. The van der Waals surface area contributed by atoms with Crippen LogP contribution in [0.25, 0.3) is 0 Å². The molecule has 2 heterocycles. The van der Waals surface area contributed by atoms with Gasteiger partial charge in [-0.3, -0.25) is 4.79 Å². The molecule has 12 nitrogen and oxygen atoms in total. The van der Waals surface area contributed by atoms with Gasteiger partial charge in [-0.1, -0.05) is 115 Å². The molecule has 0 bridgehead atoms. The fraction of sp³-hybridized carbons (Fsp3) is 0.316. The molecule has 6 rings (SSSR count). The first-order valence-corrected chi connectivity index (χ1v) is 19.4. The monoisotopic (exact) mass is 742 g/mol. The standard InChI is InChI=1S/C38H42N6O6S2/c1-25-9-19-32(20-10-25)52(47,48)41-33(21-27-7-5-4-6-8-27)36(46)39-22-28-11-17-31(18-12-28)37-49-34(24-51-38-40-42-43-44(38)3)26(2)35(50-37)30-15-13-29(23-45)14-16-30/h4-20,26,33-35,37,41,45H,21-24H2,1-3H3,(H,39,46). The number of nitrogens with zero attached hydrogens (tertiary/aromatic N) is 4. The predicted molar refractivity (Wildman–Crippen MR) is 196 cm³/mol. The highest BCUT2D eigenvalue weighted by Crippen LogP contribution is 2.42. The summed E-state index contributed by atoms with van der Waals surface area (Å²) in [6, 6.07) is 30.1. The van der Waals surface area contributed by atoms with E-state index in [1.54, 1.807) is 23.9 Å². The summed E-state index contributed by atoms with van der Waals surface area (Å²) in [5.74, 6) is 0.152. The van der Waals surface area contributed by atoms with E-state index in [9.17, 15) is 18.3 Å². The Morgan fingerprint density at radius 1 is 0.904 bits per heavy atom. The number of sulfonamides is 1. The van der Waals surface area contributed by atoms with Crippen LogP contribution in [-0.4, -0.2) is 57.5 Å². The number of carbonyl (C=O) groups excluding carboxylic acids is 1. The van der Waals surface area contributed by atoms with Crippen LogP contribution in [0, 0.1) is 12.8 Å². The van der Waals surface area contributed by atoms with Crippen LogP contribution in [0.3, 0.4) is 0 Å². The summed E-state index contributed by atoms with van der Waals surface area (Å²) < 4.78 is 43.9. The molecule has 14 heteroatoms. The molecule has 0 radical (unpaired) electrons. The van der Waals surface area contributed by atoms with Gasteiger partial charge in [-0.2, -0.15) is 4.72 Å². The Balaban J connectivity index is 1.15. The maximum Gasteiger partial charge on any atom is 0.241 e. The van der Waals surface area contributed by atoms with Gasteiger partial charge in [0.05, 0.1) is 23.7 Å². The van der Waals surface area contributed by atoms with Crippen LogP contribution < -0.4 is 10.0 Å². The lowest BCUT2D eigenvalue weighted by Gasteiger charge is -2.41. The second kappa shape index (κ2) is 16.9. The molecule has 3 N–H and O–H groups in total. The number of hydrogen-bond donors (Lipinski definition) is 3. The van der Waals surface area contributed by atoms with Crippen molar-refractivity contribution in [2.75, 3.05) is 5.75 Å². The highest BCUT2D eigenvalue weighted by atomic mass is 32.2. The molecule has 1 aliphatic rings. The summed E-state index contributed by atoms with van der Waals surface area (Å²) in [6.07, 6.45) is -0.967. The normalized spacial score (nSPS) is 19.6. The molecular formula is C38H42N6O6S2. The van der Waals surface area contributed by atoms with Crippen LogP contribution in [0.1, 0.15) is 52.7 Å².